The summed E-state index contributed by atoms with van der Waals surface area (Å²) in [5.74, 6) is -0.986. The second-order valence-electron chi connectivity index (χ2n) is 4.15. The van der Waals surface area contributed by atoms with Crippen LogP contribution < -0.4 is 4.90 Å². The summed E-state index contributed by atoms with van der Waals surface area (Å²) in [6, 6.07) is 5.52. The van der Waals surface area contributed by atoms with Gasteiger partial charge in [0.25, 0.3) is 6.01 Å². The van der Waals surface area contributed by atoms with Gasteiger partial charge in [-0.15, -0.1) is 0 Å². The largest absolute Gasteiger partial charge is 0.478 e. The van der Waals surface area contributed by atoms with Crippen molar-refractivity contribution in [1.82, 2.24) is 4.98 Å². The third-order valence-electron chi connectivity index (χ3n) is 3.01. The van der Waals surface area contributed by atoms with E-state index in [1.54, 1.807) is 12.1 Å². The van der Waals surface area contributed by atoms with E-state index in [4.69, 9.17) is 9.52 Å². The molecule has 0 aliphatic carbocycles. The maximum Gasteiger partial charge on any atom is 0.339 e. The van der Waals surface area contributed by atoms with Crippen LogP contribution in [-0.2, 0) is 0 Å². The molecule has 1 N–H and O–H groups in total. The number of para-hydroxylation sites is 1. The van der Waals surface area contributed by atoms with Crippen molar-refractivity contribution in [2.45, 2.75) is 12.8 Å². The first-order valence-corrected chi connectivity index (χ1v) is 5.63. The van der Waals surface area contributed by atoms with Crippen molar-refractivity contribution in [3.05, 3.63) is 23.8 Å². The predicted octanol–water partition coefficient (Wildman–Crippen LogP) is 2.13. The van der Waals surface area contributed by atoms with Crippen LogP contribution in [0.15, 0.2) is 22.6 Å². The van der Waals surface area contributed by atoms with Gasteiger partial charge in [-0.25, -0.2) is 4.79 Å². The van der Waals surface area contributed by atoms with Crippen LogP contribution in [0.5, 0.6) is 0 Å². The Bertz CT molecular complexity index is 570. The highest BCUT2D eigenvalue weighted by Gasteiger charge is 2.20. The number of carbonyl (C=O) groups is 1. The highest BCUT2D eigenvalue weighted by atomic mass is 16.4. The number of fused-ring (bicyclic) bond motifs is 1. The summed E-state index contributed by atoms with van der Waals surface area (Å²) in [5.41, 5.74) is 1.13. The molecule has 0 saturated carbocycles. The molecule has 0 atom stereocenters. The topological polar surface area (TPSA) is 66.6 Å². The van der Waals surface area contributed by atoms with Gasteiger partial charge >= 0.3 is 5.97 Å². The van der Waals surface area contributed by atoms with E-state index in [0.29, 0.717) is 17.1 Å². The Morgan fingerprint density at radius 2 is 2.12 bits per heavy atom. The summed E-state index contributed by atoms with van der Waals surface area (Å²) in [6.07, 6.45) is 2.26. The minimum Gasteiger partial charge on any atom is -0.478 e. The first kappa shape index (κ1) is 10.1. The third kappa shape index (κ3) is 1.63. The minimum absolute atomic E-state index is 0.167. The van der Waals surface area contributed by atoms with Crippen LogP contribution in [0.25, 0.3) is 11.1 Å². The summed E-state index contributed by atoms with van der Waals surface area (Å²) in [4.78, 5) is 17.4. The zero-order valence-corrected chi connectivity index (χ0v) is 9.22. The molecule has 0 spiro atoms. The van der Waals surface area contributed by atoms with E-state index in [0.717, 1.165) is 25.9 Å². The van der Waals surface area contributed by atoms with Gasteiger partial charge in [0, 0.05) is 13.1 Å². The number of hydrogen-bond donors (Lipinski definition) is 1. The number of oxazole rings is 1. The average molecular weight is 232 g/mol. The Morgan fingerprint density at radius 3 is 2.82 bits per heavy atom. The van der Waals surface area contributed by atoms with Crippen LogP contribution in [0.1, 0.15) is 23.2 Å². The van der Waals surface area contributed by atoms with Crippen LogP contribution in [0.2, 0.25) is 0 Å². The molecule has 3 rings (SSSR count). The van der Waals surface area contributed by atoms with Crippen LogP contribution in [0, 0.1) is 0 Å². The van der Waals surface area contributed by atoms with E-state index in [2.05, 4.69) is 4.98 Å². The monoisotopic (exact) mass is 232 g/mol. The number of aromatic nitrogens is 1. The number of aromatic carboxylic acids is 1. The van der Waals surface area contributed by atoms with E-state index >= 15 is 0 Å². The van der Waals surface area contributed by atoms with Crippen molar-refractivity contribution in [2.24, 2.45) is 0 Å². The molecule has 0 radical (unpaired) electrons. The van der Waals surface area contributed by atoms with Crippen molar-refractivity contribution >= 4 is 23.1 Å². The van der Waals surface area contributed by atoms with Crippen LogP contribution >= 0.6 is 0 Å². The highest BCUT2D eigenvalue weighted by Crippen LogP contribution is 2.26. The molecule has 1 fully saturated rings. The minimum atomic E-state index is -0.986. The fraction of sp³-hybridized carbons (Fsp3) is 0.333. The van der Waals surface area contributed by atoms with Gasteiger partial charge in [0.05, 0.1) is 0 Å². The molecular weight excluding hydrogens is 220 g/mol. The van der Waals surface area contributed by atoms with E-state index in [9.17, 15) is 4.79 Å². The maximum absolute atomic E-state index is 11.0. The summed E-state index contributed by atoms with van der Waals surface area (Å²) in [6.45, 7) is 1.85. The fourth-order valence-electron chi connectivity index (χ4n) is 2.15. The van der Waals surface area contributed by atoms with Gasteiger partial charge in [0.1, 0.15) is 11.1 Å². The van der Waals surface area contributed by atoms with Crippen molar-refractivity contribution in [3.63, 3.8) is 0 Å². The number of rotatable bonds is 2. The third-order valence-corrected chi connectivity index (χ3v) is 3.01. The van der Waals surface area contributed by atoms with Gasteiger partial charge in [-0.05, 0) is 25.0 Å². The average Bonchev–Trinajstić information content (AvgIpc) is 2.96. The SMILES string of the molecule is O=C(O)c1cccc2nc(N3CCCC3)oc12. The molecule has 88 valence electrons. The zero-order valence-electron chi connectivity index (χ0n) is 9.22. The van der Waals surface area contributed by atoms with Crippen LogP contribution in [-0.4, -0.2) is 29.1 Å². The maximum atomic E-state index is 11.0. The van der Waals surface area contributed by atoms with Gasteiger partial charge in [0.15, 0.2) is 5.58 Å². The lowest BCUT2D eigenvalue weighted by Gasteiger charge is -2.10. The predicted molar refractivity (Wildman–Crippen MR) is 62.4 cm³/mol. The molecule has 1 aliphatic rings. The van der Waals surface area contributed by atoms with Crippen molar-refractivity contribution in [2.75, 3.05) is 18.0 Å². The highest BCUT2D eigenvalue weighted by molar-refractivity contribution is 6.00. The Morgan fingerprint density at radius 1 is 1.35 bits per heavy atom. The number of anilines is 1. The van der Waals surface area contributed by atoms with E-state index < -0.39 is 5.97 Å². The summed E-state index contributed by atoms with van der Waals surface area (Å²) in [5, 5.41) is 9.06. The first-order valence-electron chi connectivity index (χ1n) is 5.63. The molecule has 5 heteroatoms. The van der Waals surface area contributed by atoms with E-state index in [1.165, 1.54) is 6.07 Å². The molecule has 0 bridgehead atoms. The fourth-order valence-corrected chi connectivity index (χ4v) is 2.15. The lowest BCUT2D eigenvalue weighted by Crippen LogP contribution is -2.17. The standard InChI is InChI=1S/C12H12N2O3/c15-11(16)8-4-3-5-9-10(8)17-12(13-9)14-6-1-2-7-14/h3-5H,1-2,6-7H2,(H,15,16). The van der Waals surface area contributed by atoms with Gasteiger partial charge in [-0.2, -0.15) is 4.98 Å². The number of carboxylic acids is 1. The van der Waals surface area contributed by atoms with Gasteiger partial charge < -0.3 is 14.4 Å². The molecule has 2 heterocycles. The number of benzene rings is 1. The normalized spacial score (nSPS) is 15.6. The molecule has 2 aromatic rings. The van der Waals surface area contributed by atoms with E-state index in [-0.39, 0.29) is 5.56 Å². The molecule has 1 aliphatic heterocycles. The lowest BCUT2D eigenvalue weighted by molar-refractivity contribution is 0.0698. The van der Waals surface area contributed by atoms with Gasteiger partial charge in [0.2, 0.25) is 0 Å². The van der Waals surface area contributed by atoms with Crippen molar-refractivity contribution in [1.29, 1.82) is 0 Å². The molecule has 17 heavy (non-hydrogen) atoms. The molecule has 1 aromatic carbocycles. The molecular formula is C12H12N2O3. The van der Waals surface area contributed by atoms with Crippen molar-refractivity contribution in [3.8, 4) is 0 Å². The van der Waals surface area contributed by atoms with E-state index in [1.807, 2.05) is 4.90 Å². The summed E-state index contributed by atoms with van der Waals surface area (Å²) < 4.78 is 5.58. The molecule has 0 amide bonds. The van der Waals surface area contributed by atoms with Crippen molar-refractivity contribution < 1.29 is 14.3 Å². The Hall–Kier alpha value is -2.04. The smallest absolute Gasteiger partial charge is 0.339 e. The second kappa shape index (κ2) is 3.76. The molecule has 5 nitrogen and oxygen atoms in total. The molecule has 1 saturated heterocycles. The number of carboxylic acid groups (broad SMARTS) is 1. The van der Waals surface area contributed by atoms with Crippen LogP contribution in [0.4, 0.5) is 6.01 Å². The first-order chi connectivity index (χ1) is 8.25. The molecule has 0 unspecified atom stereocenters. The van der Waals surface area contributed by atoms with Gasteiger partial charge in [-0.1, -0.05) is 6.07 Å². The number of nitrogens with zero attached hydrogens (tertiary/aromatic N) is 2. The Labute approximate surface area is 97.7 Å². The van der Waals surface area contributed by atoms with Gasteiger partial charge in [-0.3, -0.25) is 0 Å². The van der Waals surface area contributed by atoms with Crippen LogP contribution in [0.3, 0.4) is 0 Å². The lowest BCUT2D eigenvalue weighted by atomic mass is 10.2. The summed E-state index contributed by atoms with van der Waals surface area (Å²) >= 11 is 0. The Balaban J connectivity index is 2.11. The second-order valence-corrected chi connectivity index (χ2v) is 4.15. The zero-order chi connectivity index (χ0) is 11.8. The quantitative estimate of drug-likeness (QED) is 0.859. The molecule has 1 aromatic heterocycles. The summed E-state index contributed by atoms with van der Waals surface area (Å²) in [7, 11) is 0. The Kier molecular flexibility index (Phi) is 2.24. The number of hydrogen-bond acceptors (Lipinski definition) is 4.